The summed E-state index contributed by atoms with van der Waals surface area (Å²) in [6, 6.07) is 11.7. The van der Waals surface area contributed by atoms with Gasteiger partial charge >= 0.3 is 5.97 Å². The second kappa shape index (κ2) is 18.3. The molecule has 0 aromatic heterocycles. The Morgan fingerprint density at radius 2 is 1.47 bits per heavy atom. The van der Waals surface area contributed by atoms with Crippen LogP contribution in [0, 0.1) is 5.82 Å². The van der Waals surface area contributed by atoms with Crippen LogP contribution in [0.1, 0.15) is 52.2 Å². The van der Waals surface area contributed by atoms with E-state index < -0.39 is 11.8 Å². The van der Waals surface area contributed by atoms with Crippen LogP contribution in [-0.2, 0) is 9.59 Å². The molecule has 5 heteroatoms. The predicted octanol–water partition coefficient (Wildman–Crippen LogP) is 7.30. The number of carbonyl (C=O) groups is 2. The molecule has 0 atom stereocenters. The van der Waals surface area contributed by atoms with Gasteiger partial charge in [0.05, 0.1) is 7.11 Å². The molecule has 32 heavy (non-hydrogen) atoms. The molecule has 0 saturated carbocycles. The van der Waals surface area contributed by atoms with E-state index in [2.05, 4.69) is 20.1 Å². The van der Waals surface area contributed by atoms with Gasteiger partial charge in [-0.1, -0.05) is 57.2 Å². The Morgan fingerprint density at radius 1 is 0.969 bits per heavy atom. The first-order chi connectivity index (χ1) is 15.3. The van der Waals surface area contributed by atoms with Crippen molar-refractivity contribution in [3.63, 3.8) is 0 Å². The number of halogens is 1. The van der Waals surface area contributed by atoms with Gasteiger partial charge in [0.2, 0.25) is 0 Å². The van der Waals surface area contributed by atoms with E-state index >= 15 is 0 Å². The molecule has 2 aromatic rings. The van der Waals surface area contributed by atoms with Crippen LogP contribution in [0.15, 0.2) is 66.8 Å². The molecule has 0 heterocycles. The number of methoxy groups -OCH3 is 1. The summed E-state index contributed by atoms with van der Waals surface area (Å²) >= 11 is 0. The maximum Gasteiger partial charge on any atom is 0.338 e. The highest BCUT2D eigenvalue weighted by Gasteiger charge is 2.07. The average molecular weight is 443 g/mol. The second-order valence-corrected chi connectivity index (χ2v) is 6.27. The van der Waals surface area contributed by atoms with E-state index in [0.717, 1.165) is 17.7 Å². The molecule has 0 fully saturated rings. The van der Waals surface area contributed by atoms with Crippen LogP contribution in [0.4, 0.5) is 4.39 Å². The number of hydrogen-bond acceptors (Lipinski definition) is 4. The lowest BCUT2D eigenvalue weighted by atomic mass is 10.1. The fourth-order valence-electron chi connectivity index (χ4n) is 1.80. The highest BCUT2D eigenvalue weighted by Crippen LogP contribution is 2.20. The van der Waals surface area contributed by atoms with E-state index in [1.807, 2.05) is 51.8 Å². The average Bonchev–Trinajstić information content (AvgIpc) is 2.81. The molecule has 0 bridgehead atoms. The Labute approximate surface area is 192 Å². The number of hydrogen-bond donors (Lipinski definition) is 0. The summed E-state index contributed by atoms with van der Waals surface area (Å²) in [4.78, 5) is 19.4. The van der Waals surface area contributed by atoms with Gasteiger partial charge in [-0.15, -0.1) is 6.58 Å². The maximum absolute atomic E-state index is 14.0. The van der Waals surface area contributed by atoms with Gasteiger partial charge in [0.1, 0.15) is 24.1 Å². The van der Waals surface area contributed by atoms with Crippen molar-refractivity contribution < 1.29 is 23.5 Å². The van der Waals surface area contributed by atoms with Gasteiger partial charge in [-0.25, -0.2) is 9.18 Å². The smallest absolute Gasteiger partial charge is 0.338 e. The topological polar surface area (TPSA) is 52.6 Å². The van der Waals surface area contributed by atoms with E-state index in [9.17, 15) is 9.18 Å². The number of esters is 1. The minimum atomic E-state index is -0.578. The van der Waals surface area contributed by atoms with Gasteiger partial charge in [-0.3, -0.25) is 0 Å². The zero-order valence-electron chi connectivity index (χ0n) is 20.0. The molecule has 0 amide bonds. The first kappa shape index (κ1) is 30.7. The molecule has 0 radical (unpaired) electrons. The molecule has 0 aliphatic rings. The summed E-state index contributed by atoms with van der Waals surface area (Å²) in [6.45, 7) is 18.8. The van der Waals surface area contributed by atoms with Crippen molar-refractivity contribution in [2.45, 2.75) is 41.0 Å². The molecular weight excluding hydrogens is 407 g/mol. The van der Waals surface area contributed by atoms with Gasteiger partial charge in [-0.2, -0.15) is 0 Å². The predicted molar refractivity (Wildman–Crippen MR) is 132 cm³/mol. The van der Waals surface area contributed by atoms with E-state index in [0.29, 0.717) is 5.56 Å². The van der Waals surface area contributed by atoms with Crippen LogP contribution < -0.4 is 9.47 Å². The molecular formula is C27H35FO4. The van der Waals surface area contributed by atoms with Crippen LogP contribution in [0.25, 0.3) is 12.2 Å². The number of carbonyl (C=O) groups excluding carboxylic acids is 2. The van der Waals surface area contributed by atoms with Crippen molar-refractivity contribution in [1.29, 1.82) is 0 Å². The summed E-state index contributed by atoms with van der Waals surface area (Å²) in [5, 5.41) is 0. The van der Waals surface area contributed by atoms with Crippen molar-refractivity contribution in [3.05, 3.63) is 83.7 Å². The van der Waals surface area contributed by atoms with Gasteiger partial charge in [0.15, 0.2) is 0 Å². The summed E-state index contributed by atoms with van der Waals surface area (Å²) < 4.78 is 24.1. The van der Waals surface area contributed by atoms with E-state index in [1.165, 1.54) is 24.6 Å². The van der Waals surface area contributed by atoms with Crippen molar-refractivity contribution in [3.8, 4) is 11.5 Å². The lowest BCUT2D eigenvalue weighted by Gasteiger charge is -2.05. The Hall–Kier alpha value is -3.47. The number of rotatable bonds is 6. The molecule has 0 saturated heterocycles. The quantitative estimate of drug-likeness (QED) is 0.155. The highest BCUT2D eigenvalue weighted by molar-refractivity contribution is 5.88. The number of ether oxygens (including phenoxy) is 2. The Kier molecular flexibility index (Phi) is 17.6. The van der Waals surface area contributed by atoms with Crippen molar-refractivity contribution in [1.82, 2.24) is 0 Å². The van der Waals surface area contributed by atoms with Crippen molar-refractivity contribution >= 4 is 24.9 Å². The van der Waals surface area contributed by atoms with E-state index in [1.54, 1.807) is 25.3 Å². The fraction of sp³-hybridized carbons (Fsp3) is 0.259. The standard InChI is InChI=1S/C19H17FO3.C5H10.C2H6.CH2O/c1-13(2)19(21)23-17-11-8-15(18(20)12-17)7-4-14-5-9-16(22-3)10-6-14;1-4-5(2)3;2*1-2/h4-12H,1H2,2-3H3;2,4H2,1,3H3;1-2H3;1H2/b7-4+;;;. The third kappa shape index (κ3) is 13.0. The first-order valence-electron chi connectivity index (χ1n) is 10.2. The highest BCUT2D eigenvalue weighted by atomic mass is 19.1. The molecule has 4 nitrogen and oxygen atoms in total. The summed E-state index contributed by atoms with van der Waals surface area (Å²) in [5.74, 6) is -0.137. The van der Waals surface area contributed by atoms with Crippen LogP contribution in [0.2, 0.25) is 0 Å². The number of allylic oxidation sites excluding steroid dienone is 1. The van der Waals surface area contributed by atoms with E-state index in [-0.39, 0.29) is 11.3 Å². The third-order valence-electron chi connectivity index (χ3n) is 3.71. The van der Waals surface area contributed by atoms with Gasteiger partial charge < -0.3 is 14.3 Å². The minimum absolute atomic E-state index is 0.150. The lowest BCUT2D eigenvalue weighted by Crippen LogP contribution is -2.08. The first-order valence-corrected chi connectivity index (χ1v) is 10.2. The molecule has 174 valence electrons. The second-order valence-electron chi connectivity index (χ2n) is 6.27. The van der Waals surface area contributed by atoms with Gasteiger partial charge in [-0.05, 0) is 50.1 Å². The third-order valence-corrected chi connectivity index (χ3v) is 3.71. The Bertz CT molecular complexity index is 868. The summed E-state index contributed by atoms with van der Waals surface area (Å²) in [6.07, 6.45) is 4.55. The lowest BCUT2D eigenvalue weighted by molar-refractivity contribution is -0.130. The van der Waals surface area contributed by atoms with Crippen LogP contribution >= 0.6 is 0 Å². The van der Waals surface area contributed by atoms with Crippen LogP contribution in [0.3, 0.4) is 0 Å². The SMILES string of the molecule is C=C(C)C(=O)Oc1ccc(/C=C/c2ccc(OC)cc2)c(F)c1.C=C(C)CC.C=O.CC. The monoisotopic (exact) mass is 442 g/mol. The zero-order valence-corrected chi connectivity index (χ0v) is 20.0. The molecule has 2 rings (SSSR count). The molecule has 0 aliphatic carbocycles. The van der Waals surface area contributed by atoms with Crippen LogP contribution in [-0.4, -0.2) is 19.9 Å². The summed E-state index contributed by atoms with van der Waals surface area (Å²) in [5.41, 5.74) is 2.83. The number of benzene rings is 2. The molecule has 0 aliphatic heterocycles. The van der Waals surface area contributed by atoms with Crippen molar-refractivity contribution in [2.75, 3.05) is 7.11 Å². The van der Waals surface area contributed by atoms with E-state index in [4.69, 9.17) is 14.3 Å². The maximum atomic E-state index is 14.0. The molecule has 0 unspecified atom stereocenters. The Balaban J connectivity index is 0. The van der Waals surface area contributed by atoms with Crippen molar-refractivity contribution in [2.24, 2.45) is 0 Å². The minimum Gasteiger partial charge on any atom is -0.497 e. The van der Waals surface area contributed by atoms with Gasteiger partial charge in [0.25, 0.3) is 0 Å². The molecule has 2 aromatic carbocycles. The Morgan fingerprint density at radius 3 is 1.88 bits per heavy atom. The van der Waals surface area contributed by atoms with Gasteiger partial charge in [0, 0.05) is 17.2 Å². The normalized spacial score (nSPS) is 9.09. The largest absolute Gasteiger partial charge is 0.497 e. The summed E-state index contributed by atoms with van der Waals surface area (Å²) in [7, 11) is 1.60. The zero-order chi connectivity index (χ0) is 25.1. The van der Waals surface area contributed by atoms with Crippen LogP contribution in [0.5, 0.6) is 11.5 Å². The molecule has 0 spiro atoms. The molecule has 0 N–H and O–H groups in total. The fourth-order valence-corrected chi connectivity index (χ4v) is 1.80.